The molecule has 1 aliphatic rings. The minimum atomic E-state index is -0.361. The van der Waals surface area contributed by atoms with Crippen molar-refractivity contribution in [2.24, 2.45) is 5.92 Å². The standard InChI is InChI=1S/C13H18BrNO3S/c1-8(16)9-4-3-5-15(7-9)13(17)11-6-10(18-2)12(14)19-11/h6,8-9,16H,3-5,7H2,1-2H3. The summed E-state index contributed by atoms with van der Waals surface area (Å²) in [4.78, 5) is 14.9. The van der Waals surface area contributed by atoms with E-state index in [0.29, 0.717) is 17.2 Å². The Morgan fingerprint density at radius 3 is 3.00 bits per heavy atom. The fourth-order valence-electron chi connectivity index (χ4n) is 2.34. The third-order valence-electron chi connectivity index (χ3n) is 3.51. The topological polar surface area (TPSA) is 49.8 Å². The van der Waals surface area contributed by atoms with Gasteiger partial charge in [-0.05, 0) is 35.7 Å². The minimum Gasteiger partial charge on any atom is -0.495 e. The van der Waals surface area contributed by atoms with Gasteiger partial charge in [-0.25, -0.2) is 0 Å². The summed E-state index contributed by atoms with van der Waals surface area (Å²) in [5, 5.41) is 9.67. The number of ether oxygens (including phenoxy) is 1. The molecule has 2 rings (SSSR count). The lowest BCUT2D eigenvalue weighted by molar-refractivity contribution is 0.0469. The molecule has 0 bridgehead atoms. The third kappa shape index (κ3) is 3.30. The van der Waals surface area contributed by atoms with Gasteiger partial charge < -0.3 is 14.7 Å². The van der Waals surface area contributed by atoms with Gasteiger partial charge in [-0.15, -0.1) is 11.3 Å². The number of amides is 1. The first kappa shape index (κ1) is 14.8. The van der Waals surface area contributed by atoms with Crippen LogP contribution in [-0.2, 0) is 0 Å². The highest BCUT2D eigenvalue weighted by atomic mass is 79.9. The van der Waals surface area contributed by atoms with Crippen molar-refractivity contribution in [2.75, 3.05) is 20.2 Å². The highest BCUT2D eigenvalue weighted by molar-refractivity contribution is 9.11. The zero-order chi connectivity index (χ0) is 14.0. The molecule has 1 aromatic rings. The van der Waals surface area contributed by atoms with Crippen LogP contribution in [0.25, 0.3) is 0 Å². The van der Waals surface area contributed by atoms with E-state index in [2.05, 4.69) is 15.9 Å². The number of hydrogen-bond acceptors (Lipinski definition) is 4. The molecule has 6 heteroatoms. The second kappa shape index (κ2) is 6.24. The molecule has 0 spiro atoms. The first-order valence-corrected chi connectivity index (χ1v) is 7.94. The Morgan fingerprint density at radius 1 is 1.68 bits per heavy atom. The van der Waals surface area contributed by atoms with Crippen LogP contribution in [-0.4, -0.2) is 42.2 Å². The number of halogens is 1. The number of likely N-dealkylation sites (tertiary alicyclic amines) is 1. The maximum Gasteiger partial charge on any atom is 0.264 e. The lowest BCUT2D eigenvalue weighted by atomic mass is 9.93. The van der Waals surface area contributed by atoms with Gasteiger partial charge in [-0.2, -0.15) is 0 Å². The Balaban J connectivity index is 2.10. The minimum absolute atomic E-state index is 0.0272. The molecule has 1 aliphatic heterocycles. The number of methoxy groups -OCH3 is 1. The van der Waals surface area contributed by atoms with Crippen LogP contribution in [0.3, 0.4) is 0 Å². The number of carbonyl (C=O) groups excluding carboxylic acids is 1. The van der Waals surface area contributed by atoms with E-state index in [1.54, 1.807) is 20.1 Å². The zero-order valence-corrected chi connectivity index (χ0v) is 13.5. The molecule has 1 aromatic heterocycles. The molecule has 1 fully saturated rings. The van der Waals surface area contributed by atoms with Crippen LogP contribution in [0.5, 0.6) is 5.75 Å². The van der Waals surface area contributed by atoms with Gasteiger partial charge in [0.15, 0.2) is 0 Å². The van der Waals surface area contributed by atoms with E-state index >= 15 is 0 Å². The van der Waals surface area contributed by atoms with Gasteiger partial charge in [0.05, 0.1) is 18.1 Å². The molecule has 0 aliphatic carbocycles. The second-order valence-corrected chi connectivity index (χ2v) is 7.22. The van der Waals surface area contributed by atoms with Gasteiger partial charge in [0.1, 0.15) is 9.54 Å². The molecule has 19 heavy (non-hydrogen) atoms. The molecule has 0 saturated carbocycles. The lowest BCUT2D eigenvalue weighted by Gasteiger charge is -2.33. The number of nitrogens with zero attached hydrogens (tertiary/aromatic N) is 1. The van der Waals surface area contributed by atoms with E-state index in [-0.39, 0.29) is 17.9 Å². The molecular weight excluding hydrogens is 330 g/mol. The van der Waals surface area contributed by atoms with Crippen LogP contribution >= 0.6 is 27.3 Å². The van der Waals surface area contributed by atoms with E-state index in [4.69, 9.17) is 4.74 Å². The summed E-state index contributed by atoms with van der Waals surface area (Å²) in [5.41, 5.74) is 0. The molecule has 1 N–H and O–H groups in total. The fourth-order valence-corrected chi connectivity index (χ4v) is 3.96. The molecule has 1 saturated heterocycles. The number of rotatable bonds is 3. The number of carbonyl (C=O) groups is 1. The van der Waals surface area contributed by atoms with Crippen molar-refractivity contribution < 1.29 is 14.6 Å². The fraction of sp³-hybridized carbons (Fsp3) is 0.615. The lowest BCUT2D eigenvalue weighted by Crippen LogP contribution is -2.42. The van der Waals surface area contributed by atoms with Gasteiger partial charge in [-0.3, -0.25) is 4.79 Å². The Kier molecular flexibility index (Phi) is 4.86. The van der Waals surface area contributed by atoms with Crippen LogP contribution in [0, 0.1) is 5.92 Å². The van der Waals surface area contributed by atoms with Gasteiger partial charge in [0.25, 0.3) is 5.91 Å². The Morgan fingerprint density at radius 2 is 2.42 bits per heavy atom. The molecule has 0 radical (unpaired) electrons. The van der Waals surface area contributed by atoms with Crippen molar-refractivity contribution in [3.8, 4) is 5.75 Å². The van der Waals surface area contributed by atoms with Crippen molar-refractivity contribution in [3.05, 3.63) is 14.7 Å². The van der Waals surface area contributed by atoms with Gasteiger partial charge in [0.2, 0.25) is 0 Å². The summed E-state index contributed by atoms with van der Waals surface area (Å²) in [6.07, 6.45) is 1.57. The van der Waals surface area contributed by atoms with Crippen LogP contribution in [0.2, 0.25) is 0 Å². The van der Waals surface area contributed by atoms with Crippen LogP contribution in [0.1, 0.15) is 29.4 Å². The summed E-state index contributed by atoms with van der Waals surface area (Å²) >= 11 is 4.78. The first-order valence-electron chi connectivity index (χ1n) is 6.33. The Labute approximate surface area is 125 Å². The maximum atomic E-state index is 12.4. The van der Waals surface area contributed by atoms with Crippen LogP contribution in [0.15, 0.2) is 9.85 Å². The number of aliphatic hydroxyl groups excluding tert-OH is 1. The SMILES string of the molecule is COc1cc(C(=O)N2CCCC(C(C)O)C2)sc1Br. The average molecular weight is 348 g/mol. The zero-order valence-electron chi connectivity index (χ0n) is 11.1. The van der Waals surface area contributed by atoms with Crippen molar-refractivity contribution in [2.45, 2.75) is 25.9 Å². The molecule has 1 amide bonds. The van der Waals surface area contributed by atoms with Crippen molar-refractivity contribution >= 4 is 33.2 Å². The summed E-state index contributed by atoms with van der Waals surface area (Å²) in [5.74, 6) is 0.903. The number of hydrogen-bond donors (Lipinski definition) is 1. The molecule has 0 aromatic carbocycles. The van der Waals surface area contributed by atoms with Gasteiger partial charge >= 0.3 is 0 Å². The van der Waals surface area contributed by atoms with Crippen molar-refractivity contribution in [1.29, 1.82) is 0 Å². The van der Waals surface area contributed by atoms with Crippen molar-refractivity contribution in [3.63, 3.8) is 0 Å². The summed E-state index contributed by atoms with van der Waals surface area (Å²) < 4.78 is 6.01. The maximum absolute atomic E-state index is 12.4. The summed E-state index contributed by atoms with van der Waals surface area (Å²) in [6, 6.07) is 1.77. The van der Waals surface area contributed by atoms with E-state index < -0.39 is 0 Å². The summed E-state index contributed by atoms with van der Waals surface area (Å²) in [6.45, 7) is 3.19. The third-order valence-corrected chi connectivity index (χ3v) is 5.28. The highest BCUT2D eigenvalue weighted by Gasteiger charge is 2.28. The predicted octanol–water partition coefficient (Wildman–Crippen LogP) is 2.75. The number of thiophene rings is 1. The average Bonchev–Trinajstić information content (AvgIpc) is 2.79. The predicted molar refractivity (Wildman–Crippen MR) is 78.9 cm³/mol. The quantitative estimate of drug-likeness (QED) is 0.914. The van der Waals surface area contributed by atoms with E-state index in [9.17, 15) is 9.90 Å². The molecule has 106 valence electrons. The smallest absolute Gasteiger partial charge is 0.264 e. The van der Waals surface area contributed by atoms with Crippen molar-refractivity contribution in [1.82, 2.24) is 4.90 Å². The number of piperidine rings is 1. The highest BCUT2D eigenvalue weighted by Crippen LogP contribution is 2.35. The monoisotopic (exact) mass is 347 g/mol. The first-order chi connectivity index (χ1) is 9.02. The molecule has 2 heterocycles. The number of aliphatic hydroxyl groups is 1. The molecule has 2 atom stereocenters. The largest absolute Gasteiger partial charge is 0.495 e. The second-order valence-electron chi connectivity index (χ2n) is 4.85. The summed E-state index contributed by atoms with van der Waals surface area (Å²) in [7, 11) is 1.59. The van der Waals surface area contributed by atoms with Gasteiger partial charge in [-0.1, -0.05) is 0 Å². The van der Waals surface area contributed by atoms with E-state index in [1.165, 1.54) is 11.3 Å². The normalized spacial score (nSPS) is 21.3. The molecule has 2 unspecified atom stereocenters. The molecule has 4 nitrogen and oxygen atoms in total. The van der Waals surface area contributed by atoms with Crippen LogP contribution < -0.4 is 4.74 Å². The Bertz CT molecular complexity index is 461. The van der Waals surface area contributed by atoms with Gasteiger partial charge in [0, 0.05) is 25.1 Å². The van der Waals surface area contributed by atoms with E-state index in [1.807, 2.05) is 4.90 Å². The van der Waals surface area contributed by atoms with Crippen LogP contribution in [0.4, 0.5) is 0 Å². The van der Waals surface area contributed by atoms with E-state index in [0.717, 1.165) is 23.2 Å². The molecular formula is C13H18BrNO3S. The Hall–Kier alpha value is -0.590.